The molecule has 0 bridgehead atoms. The lowest BCUT2D eigenvalue weighted by Gasteiger charge is -2.15. The Morgan fingerprint density at radius 2 is 1.80 bits per heavy atom. The van der Waals surface area contributed by atoms with E-state index in [0.29, 0.717) is 0 Å². The summed E-state index contributed by atoms with van der Waals surface area (Å²) in [5, 5.41) is 0. The number of ether oxygens (including phenoxy) is 1. The quantitative estimate of drug-likeness (QED) is 0.706. The van der Waals surface area contributed by atoms with Gasteiger partial charge in [0.1, 0.15) is 6.10 Å². The average Bonchev–Trinajstić information content (AvgIpc) is 2.85. The molecule has 102 valence electrons. The van der Waals surface area contributed by atoms with Crippen LogP contribution in [0.5, 0.6) is 0 Å². The number of hydrogen-bond acceptors (Lipinski definition) is 2. The summed E-state index contributed by atoms with van der Waals surface area (Å²) in [6.07, 6.45) is 0.0162. The van der Waals surface area contributed by atoms with Gasteiger partial charge in [0.05, 0.1) is 6.04 Å². The number of nitrogens with zero attached hydrogens (tertiary/aromatic N) is 1. The van der Waals surface area contributed by atoms with E-state index in [1.165, 1.54) is 14.7 Å². The highest BCUT2D eigenvalue weighted by Gasteiger charge is 2.30. The van der Waals surface area contributed by atoms with Gasteiger partial charge in [0.25, 0.3) is 0 Å². The Kier molecular flexibility index (Phi) is 3.78. The first-order valence-electron chi connectivity index (χ1n) is 6.71. The lowest BCUT2D eigenvalue weighted by atomic mass is 10.0. The molecule has 2 atom stereocenters. The molecule has 1 aliphatic heterocycles. The maximum Gasteiger partial charge on any atom is 0.218 e. The van der Waals surface area contributed by atoms with Crippen molar-refractivity contribution < 1.29 is 4.74 Å². The molecular weight excluding hydrogens is 361 g/mol. The summed E-state index contributed by atoms with van der Waals surface area (Å²) in [4.78, 5) is 4.71. The molecule has 0 saturated carbocycles. The summed E-state index contributed by atoms with van der Waals surface area (Å²) < 4.78 is 7.34. The van der Waals surface area contributed by atoms with Gasteiger partial charge in [0.2, 0.25) is 5.90 Å². The smallest absolute Gasteiger partial charge is 0.218 e. The van der Waals surface area contributed by atoms with Crippen molar-refractivity contribution in [2.45, 2.75) is 26.0 Å². The van der Waals surface area contributed by atoms with Crippen molar-refractivity contribution in [3.05, 3.63) is 68.8 Å². The molecule has 0 aromatic heterocycles. The van der Waals surface area contributed by atoms with Crippen LogP contribution in [0.25, 0.3) is 0 Å². The van der Waals surface area contributed by atoms with E-state index < -0.39 is 0 Å². The van der Waals surface area contributed by atoms with Gasteiger partial charge in [-0.15, -0.1) is 0 Å². The monoisotopic (exact) mass is 377 g/mol. The van der Waals surface area contributed by atoms with Gasteiger partial charge < -0.3 is 4.74 Å². The number of aliphatic imine (C=N–C) groups is 1. The lowest BCUT2D eigenvalue weighted by Crippen LogP contribution is -2.11. The van der Waals surface area contributed by atoms with E-state index in [2.05, 4.69) is 66.8 Å². The van der Waals surface area contributed by atoms with Crippen molar-refractivity contribution in [2.75, 3.05) is 0 Å². The summed E-state index contributed by atoms with van der Waals surface area (Å²) in [6.45, 7) is 4.21. The van der Waals surface area contributed by atoms with Crippen LogP contribution in [0.2, 0.25) is 0 Å². The zero-order chi connectivity index (χ0) is 14.1. The first kappa shape index (κ1) is 13.6. The standard InChI is InChI=1S/C17H16INO/c1-11-7-6-10-14(15(11)18)17-19-12(2)16(20-17)13-8-4-3-5-9-13/h3-10,12,16H,1-2H3/t12-,16+/m1/s1. The predicted octanol–water partition coefficient (Wildman–Crippen LogP) is 4.51. The normalized spacial score (nSPS) is 21.4. The largest absolute Gasteiger partial charge is 0.467 e. The molecule has 2 aromatic carbocycles. The average molecular weight is 377 g/mol. The minimum Gasteiger partial charge on any atom is -0.467 e. The minimum absolute atomic E-state index is 0.0162. The van der Waals surface area contributed by atoms with Gasteiger partial charge in [0.15, 0.2) is 0 Å². The summed E-state index contributed by atoms with van der Waals surface area (Å²) >= 11 is 2.36. The highest BCUT2D eigenvalue weighted by atomic mass is 127. The van der Waals surface area contributed by atoms with E-state index in [1.54, 1.807) is 0 Å². The number of aryl methyl sites for hydroxylation is 1. The molecule has 0 saturated heterocycles. The molecule has 0 fully saturated rings. The van der Waals surface area contributed by atoms with E-state index in [4.69, 9.17) is 9.73 Å². The maximum atomic E-state index is 6.13. The van der Waals surface area contributed by atoms with E-state index in [9.17, 15) is 0 Å². The van der Waals surface area contributed by atoms with E-state index in [-0.39, 0.29) is 12.1 Å². The van der Waals surface area contributed by atoms with Crippen molar-refractivity contribution >= 4 is 28.5 Å². The zero-order valence-electron chi connectivity index (χ0n) is 11.5. The Hall–Kier alpha value is -1.36. The Balaban J connectivity index is 1.91. The summed E-state index contributed by atoms with van der Waals surface area (Å²) in [5.74, 6) is 0.763. The molecule has 1 heterocycles. The molecule has 2 nitrogen and oxygen atoms in total. The lowest BCUT2D eigenvalue weighted by molar-refractivity contribution is 0.202. The van der Waals surface area contributed by atoms with E-state index in [1.807, 2.05) is 18.2 Å². The van der Waals surface area contributed by atoms with Gasteiger partial charge in [-0.05, 0) is 53.6 Å². The van der Waals surface area contributed by atoms with Crippen molar-refractivity contribution in [1.29, 1.82) is 0 Å². The molecule has 0 N–H and O–H groups in total. The highest BCUT2D eigenvalue weighted by Crippen LogP contribution is 2.32. The van der Waals surface area contributed by atoms with Gasteiger partial charge in [0, 0.05) is 9.13 Å². The molecule has 1 aliphatic rings. The Labute approximate surface area is 133 Å². The second-order valence-electron chi connectivity index (χ2n) is 5.06. The Morgan fingerprint density at radius 1 is 1.05 bits per heavy atom. The van der Waals surface area contributed by atoms with E-state index >= 15 is 0 Å². The van der Waals surface area contributed by atoms with Crippen LogP contribution in [0.1, 0.15) is 29.7 Å². The Bertz CT molecular complexity index is 651. The predicted molar refractivity (Wildman–Crippen MR) is 90.2 cm³/mol. The van der Waals surface area contributed by atoms with Gasteiger partial charge in [-0.1, -0.05) is 42.5 Å². The number of halogens is 1. The summed E-state index contributed by atoms with van der Waals surface area (Å²) in [6, 6.07) is 16.7. The summed E-state index contributed by atoms with van der Waals surface area (Å²) in [7, 11) is 0. The van der Waals surface area contributed by atoms with Crippen LogP contribution >= 0.6 is 22.6 Å². The first-order chi connectivity index (χ1) is 9.66. The summed E-state index contributed by atoms with van der Waals surface area (Å²) in [5.41, 5.74) is 3.53. The number of hydrogen-bond donors (Lipinski definition) is 0. The fourth-order valence-corrected chi connectivity index (χ4v) is 3.03. The fourth-order valence-electron chi connectivity index (χ4n) is 2.44. The van der Waals surface area contributed by atoms with Crippen molar-refractivity contribution in [1.82, 2.24) is 0 Å². The van der Waals surface area contributed by atoms with Crippen LogP contribution in [0.3, 0.4) is 0 Å². The van der Waals surface area contributed by atoms with Crippen molar-refractivity contribution in [2.24, 2.45) is 4.99 Å². The molecular formula is C17H16INO. The van der Waals surface area contributed by atoms with Crippen LogP contribution in [0.15, 0.2) is 53.5 Å². The second-order valence-corrected chi connectivity index (χ2v) is 6.14. The van der Waals surface area contributed by atoms with Crippen molar-refractivity contribution in [3.8, 4) is 0 Å². The Morgan fingerprint density at radius 3 is 2.55 bits per heavy atom. The molecule has 0 unspecified atom stereocenters. The van der Waals surface area contributed by atoms with Gasteiger partial charge in [-0.2, -0.15) is 0 Å². The molecule has 0 spiro atoms. The third-order valence-corrected chi connectivity index (χ3v) is 4.98. The SMILES string of the molecule is Cc1cccc(C2=N[C@H](C)[C@@H](c3ccccc3)O2)c1I. The van der Waals surface area contributed by atoms with Gasteiger partial charge >= 0.3 is 0 Å². The van der Waals surface area contributed by atoms with Crippen LogP contribution in [-0.2, 0) is 4.74 Å². The highest BCUT2D eigenvalue weighted by molar-refractivity contribution is 14.1. The number of rotatable bonds is 2. The van der Waals surface area contributed by atoms with Crippen LogP contribution in [0.4, 0.5) is 0 Å². The fraction of sp³-hybridized carbons (Fsp3) is 0.235. The third kappa shape index (κ3) is 2.46. The molecule has 3 heteroatoms. The maximum absolute atomic E-state index is 6.13. The van der Waals surface area contributed by atoms with Crippen molar-refractivity contribution in [3.63, 3.8) is 0 Å². The molecule has 3 rings (SSSR count). The molecule has 2 aromatic rings. The van der Waals surface area contributed by atoms with Crippen LogP contribution in [-0.4, -0.2) is 11.9 Å². The zero-order valence-corrected chi connectivity index (χ0v) is 13.7. The van der Waals surface area contributed by atoms with Gasteiger partial charge in [-0.3, -0.25) is 0 Å². The molecule has 20 heavy (non-hydrogen) atoms. The second kappa shape index (κ2) is 5.56. The minimum atomic E-state index is 0.0162. The van der Waals surface area contributed by atoms with Crippen LogP contribution < -0.4 is 0 Å². The molecule has 0 amide bonds. The molecule has 0 aliphatic carbocycles. The first-order valence-corrected chi connectivity index (χ1v) is 7.79. The topological polar surface area (TPSA) is 21.6 Å². The number of benzene rings is 2. The third-order valence-electron chi connectivity index (χ3n) is 3.55. The van der Waals surface area contributed by atoms with E-state index in [0.717, 1.165) is 11.5 Å². The molecule has 0 radical (unpaired) electrons. The van der Waals surface area contributed by atoms with Crippen LogP contribution in [0, 0.1) is 10.5 Å². The van der Waals surface area contributed by atoms with Gasteiger partial charge in [-0.25, -0.2) is 4.99 Å².